The van der Waals surface area contributed by atoms with Crippen molar-refractivity contribution in [3.8, 4) is 33.8 Å². The van der Waals surface area contributed by atoms with Gasteiger partial charge in [0.25, 0.3) is 0 Å². The summed E-state index contributed by atoms with van der Waals surface area (Å²) in [6.45, 7) is 0. The van der Waals surface area contributed by atoms with Crippen molar-refractivity contribution in [3.05, 3.63) is 168 Å². The average Bonchev–Trinajstić information content (AvgIpc) is 3.15. The molecule has 0 radical (unpaired) electrons. The maximum atomic E-state index is 4.97. The summed E-state index contributed by atoms with van der Waals surface area (Å²) in [6, 6.07) is 53.7. The van der Waals surface area contributed by atoms with Gasteiger partial charge in [-0.3, -0.25) is 4.98 Å². The van der Waals surface area contributed by atoms with Crippen LogP contribution >= 0.6 is 15.9 Å². The van der Waals surface area contributed by atoms with Crippen molar-refractivity contribution in [3.63, 3.8) is 0 Å². The van der Waals surface area contributed by atoms with Gasteiger partial charge in [-0.05, 0) is 36.4 Å². The zero-order valence-electron chi connectivity index (χ0n) is 25.3. The minimum absolute atomic E-state index is 0.933. The molecular weight excluding hydrogens is 640 g/mol. The maximum Gasteiger partial charge on any atom is 0.0972 e. The Morgan fingerprint density at radius 1 is 0.340 bits per heavy atom. The van der Waals surface area contributed by atoms with Crippen LogP contribution in [0.5, 0.6) is 0 Å². The number of fused-ring (bicyclic) bond motifs is 6. The Morgan fingerprint density at radius 2 is 0.766 bits per heavy atom. The van der Waals surface area contributed by atoms with E-state index in [0.717, 1.165) is 81.9 Å². The van der Waals surface area contributed by atoms with Gasteiger partial charge in [-0.25, -0.2) is 15.0 Å². The summed E-state index contributed by atoms with van der Waals surface area (Å²) in [5, 5.41) is 4.44. The van der Waals surface area contributed by atoms with Crippen LogP contribution in [0.4, 0.5) is 0 Å². The van der Waals surface area contributed by atoms with Gasteiger partial charge in [0.05, 0.1) is 39.1 Å². The van der Waals surface area contributed by atoms with Crippen molar-refractivity contribution in [1.29, 1.82) is 0 Å². The molecule has 0 bridgehead atoms. The van der Waals surface area contributed by atoms with E-state index in [4.69, 9.17) is 15.0 Å². The maximum absolute atomic E-state index is 4.97. The lowest BCUT2D eigenvalue weighted by Crippen LogP contribution is -1.91. The molecule has 4 nitrogen and oxygen atoms in total. The molecule has 4 aromatic heterocycles. The summed E-state index contributed by atoms with van der Waals surface area (Å²) in [6.07, 6.45) is 1.82. The summed E-state index contributed by atoms with van der Waals surface area (Å²) in [4.78, 5) is 19.2. The molecule has 9 aromatic rings. The Kier molecular flexibility index (Phi) is 7.66. The van der Waals surface area contributed by atoms with Gasteiger partial charge in [-0.1, -0.05) is 137 Å². The number of rotatable bonds is 3. The normalized spacial score (nSPS) is 11.1. The smallest absolute Gasteiger partial charge is 0.0972 e. The number of nitrogens with zero attached hydrogens (tertiary/aromatic N) is 4. The zero-order chi connectivity index (χ0) is 31.6. The van der Waals surface area contributed by atoms with E-state index < -0.39 is 0 Å². The monoisotopic (exact) mass is 666 g/mol. The van der Waals surface area contributed by atoms with E-state index in [1.165, 1.54) is 0 Å². The summed E-state index contributed by atoms with van der Waals surface area (Å²) in [5.74, 6) is 0. The summed E-state index contributed by atoms with van der Waals surface area (Å²) < 4.78 is 1.05. The summed E-state index contributed by atoms with van der Waals surface area (Å²) >= 11 is 3.54. The molecule has 222 valence electrons. The molecule has 0 fully saturated rings. The van der Waals surface area contributed by atoms with Crippen LogP contribution in [0.15, 0.2) is 168 Å². The Hall–Kier alpha value is -5.78. The van der Waals surface area contributed by atoms with Crippen LogP contribution in [0, 0.1) is 0 Å². The highest BCUT2D eigenvalue weighted by Crippen LogP contribution is 2.30. The van der Waals surface area contributed by atoms with Crippen LogP contribution in [0.25, 0.3) is 77.4 Å². The highest BCUT2D eigenvalue weighted by molar-refractivity contribution is 9.10. The van der Waals surface area contributed by atoms with Crippen LogP contribution in [-0.2, 0) is 0 Å². The molecule has 5 heteroatoms. The second kappa shape index (κ2) is 12.5. The van der Waals surface area contributed by atoms with Gasteiger partial charge >= 0.3 is 0 Å². The molecule has 0 atom stereocenters. The van der Waals surface area contributed by atoms with E-state index in [9.17, 15) is 0 Å². The Morgan fingerprint density at radius 3 is 1.28 bits per heavy atom. The molecule has 0 spiro atoms. The van der Waals surface area contributed by atoms with Crippen LogP contribution in [0.1, 0.15) is 0 Å². The number of halogens is 1. The van der Waals surface area contributed by atoms with E-state index in [1.54, 1.807) is 0 Å². The second-order valence-electron chi connectivity index (χ2n) is 11.3. The summed E-state index contributed by atoms with van der Waals surface area (Å²) in [7, 11) is 0. The lowest BCUT2D eigenvalue weighted by Gasteiger charge is -2.08. The standard InChI is InChI=1S/C24H15BrN2.C18H12N2/c25-20-8-4-7-19(15-20)22-14-12-18-10-9-17-11-13-21(16-5-2-1-3-6-16)26-23(17)24(18)27-22;1-2-5-13(6-3-1)16-11-10-15-9-8-14-7-4-12-19-17(14)18(15)20-16/h1-15H;1-12H. The fourth-order valence-corrected chi connectivity index (χ4v) is 6.24. The third kappa shape index (κ3) is 5.85. The molecule has 0 unspecified atom stereocenters. The molecule has 0 N–H and O–H groups in total. The first-order valence-corrected chi connectivity index (χ1v) is 16.2. The molecule has 0 saturated heterocycles. The van der Waals surface area contributed by atoms with Gasteiger partial charge in [-0.2, -0.15) is 0 Å². The SMILES string of the molecule is Brc1cccc(-c2ccc3ccc4ccc(-c5ccccc5)nc4c3n2)c1.c1ccc(-c2ccc3ccc4cccnc4c3n2)cc1. The van der Waals surface area contributed by atoms with Gasteiger partial charge < -0.3 is 0 Å². The highest BCUT2D eigenvalue weighted by Gasteiger charge is 2.09. The Balaban J connectivity index is 0.000000144. The first kappa shape index (κ1) is 28.7. The molecule has 9 rings (SSSR count). The average molecular weight is 668 g/mol. The first-order valence-electron chi connectivity index (χ1n) is 15.4. The molecule has 0 aliphatic carbocycles. The van der Waals surface area contributed by atoms with Crippen LogP contribution in [-0.4, -0.2) is 19.9 Å². The molecule has 0 amide bonds. The van der Waals surface area contributed by atoms with Gasteiger partial charge in [0.2, 0.25) is 0 Å². The fourth-order valence-electron chi connectivity index (χ4n) is 5.84. The molecule has 0 aliphatic rings. The fraction of sp³-hybridized carbons (Fsp3) is 0. The van der Waals surface area contributed by atoms with Crippen LogP contribution in [0.2, 0.25) is 0 Å². The highest BCUT2D eigenvalue weighted by atomic mass is 79.9. The largest absolute Gasteiger partial charge is 0.254 e. The minimum atomic E-state index is 0.933. The van der Waals surface area contributed by atoms with Crippen molar-refractivity contribution in [2.75, 3.05) is 0 Å². The van der Waals surface area contributed by atoms with Crippen molar-refractivity contribution in [2.24, 2.45) is 0 Å². The predicted octanol–water partition coefficient (Wildman–Crippen LogP) is 11.3. The number of benzene rings is 5. The predicted molar refractivity (Wildman–Crippen MR) is 198 cm³/mol. The van der Waals surface area contributed by atoms with E-state index in [-0.39, 0.29) is 0 Å². The number of hydrogen-bond donors (Lipinski definition) is 0. The van der Waals surface area contributed by atoms with Crippen molar-refractivity contribution in [2.45, 2.75) is 0 Å². The molecule has 0 saturated carbocycles. The molecule has 5 aromatic carbocycles. The summed E-state index contributed by atoms with van der Waals surface area (Å²) in [5.41, 5.74) is 10.0. The molecular formula is C42H27BrN4. The van der Waals surface area contributed by atoms with E-state index in [1.807, 2.05) is 60.8 Å². The van der Waals surface area contributed by atoms with Crippen molar-refractivity contribution >= 4 is 59.5 Å². The topological polar surface area (TPSA) is 51.6 Å². The minimum Gasteiger partial charge on any atom is -0.254 e. The van der Waals surface area contributed by atoms with Gasteiger partial charge in [0.15, 0.2) is 0 Å². The third-order valence-corrected chi connectivity index (χ3v) is 8.70. The zero-order valence-corrected chi connectivity index (χ0v) is 26.8. The number of pyridine rings is 4. The van der Waals surface area contributed by atoms with Gasteiger partial charge in [0, 0.05) is 48.9 Å². The Bertz CT molecular complexity index is 2530. The van der Waals surface area contributed by atoms with Gasteiger partial charge in [-0.15, -0.1) is 0 Å². The number of aromatic nitrogens is 4. The van der Waals surface area contributed by atoms with E-state index >= 15 is 0 Å². The Labute approximate surface area is 280 Å². The van der Waals surface area contributed by atoms with Crippen LogP contribution < -0.4 is 0 Å². The van der Waals surface area contributed by atoms with Crippen LogP contribution in [0.3, 0.4) is 0 Å². The quantitative estimate of drug-likeness (QED) is 0.176. The molecule has 47 heavy (non-hydrogen) atoms. The lowest BCUT2D eigenvalue weighted by atomic mass is 10.1. The second-order valence-corrected chi connectivity index (χ2v) is 12.2. The lowest BCUT2D eigenvalue weighted by molar-refractivity contribution is 1.36. The number of hydrogen-bond acceptors (Lipinski definition) is 4. The third-order valence-electron chi connectivity index (χ3n) is 8.21. The van der Waals surface area contributed by atoms with E-state index in [0.29, 0.717) is 0 Å². The molecule has 4 heterocycles. The van der Waals surface area contributed by atoms with Gasteiger partial charge in [0.1, 0.15) is 0 Å². The van der Waals surface area contributed by atoms with Crippen molar-refractivity contribution < 1.29 is 0 Å². The van der Waals surface area contributed by atoms with Crippen molar-refractivity contribution in [1.82, 2.24) is 19.9 Å². The first-order chi connectivity index (χ1) is 23.2. The molecule has 0 aliphatic heterocycles. The van der Waals surface area contributed by atoms with E-state index in [2.05, 4.69) is 124 Å².